The number of benzene rings is 1. The highest BCUT2D eigenvalue weighted by atomic mass is 79.9. The van der Waals surface area contributed by atoms with Crippen LogP contribution in [0.1, 0.15) is 12.8 Å². The summed E-state index contributed by atoms with van der Waals surface area (Å²) in [7, 11) is 2.18. The number of likely N-dealkylation sites (N-methyl/N-ethyl adjacent to an activating group) is 1. The Kier molecular flexibility index (Phi) is 4.83. The van der Waals surface area contributed by atoms with Gasteiger partial charge in [0.1, 0.15) is 11.9 Å². The van der Waals surface area contributed by atoms with Crippen molar-refractivity contribution in [1.29, 1.82) is 0 Å². The lowest BCUT2D eigenvalue weighted by Gasteiger charge is -2.36. The zero-order valence-electron chi connectivity index (χ0n) is 10.6. The Balaban J connectivity index is 0.00000133. The maximum Gasteiger partial charge on any atom is 0.120 e. The normalized spacial score (nSPS) is 29.1. The number of rotatable bonds is 2. The number of ether oxygens (including phenoxy) is 1. The number of halogens is 3. The predicted octanol–water partition coefficient (Wildman–Crippen LogP) is 4.30. The number of nitrogens with zero attached hydrogens (tertiary/aromatic N) is 1. The number of hydrogen-bond acceptors (Lipinski definition) is 2. The molecular weight excluding hydrogens is 349 g/mol. The minimum Gasteiger partial charge on any atom is -0.490 e. The average Bonchev–Trinajstić information content (AvgIpc) is 2.58. The van der Waals surface area contributed by atoms with E-state index in [2.05, 4.69) is 40.0 Å². The Hall–Kier alpha value is -0.220. The van der Waals surface area contributed by atoms with Crippen molar-refractivity contribution in [3.8, 4) is 5.75 Å². The van der Waals surface area contributed by atoms with E-state index in [1.807, 2.05) is 18.2 Å². The third-order valence-corrected chi connectivity index (χ3v) is 5.02. The van der Waals surface area contributed by atoms with E-state index in [9.17, 15) is 0 Å². The summed E-state index contributed by atoms with van der Waals surface area (Å²) in [4.78, 5) is 2.41. The van der Waals surface area contributed by atoms with Crippen molar-refractivity contribution in [2.75, 3.05) is 7.05 Å². The molecule has 0 aromatic heterocycles. The highest BCUT2D eigenvalue weighted by Crippen LogP contribution is 2.33. The number of piperidine rings is 1. The average molecular weight is 365 g/mol. The molecule has 1 fully saturated rings. The van der Waals surface area contributed by atoms with Gasteiger partial charge in [0.05, 0.1) is 5.02 Å². The Morgan fingerprint density at radius 3 is 2.47 bits per heavy atom. The van der Waals surface area contributed by atoms with Crippen molar-refractivity contribution in [3.05, 3.63) is 39.8 Å². The summed E-state index contributed by atoms with van der Waals surface area (Å²) >= 11 is 9.40. The van der Waals surface area contributed by atoms with Gasteiger partial charge >= 0.3 is 0 Å². The van der Waals surface area contributed by atoms with E-state index < -0.39 is 0 Å². The molecule has 0 amide bonds. The zero-order chi connectivity index (χ0) is 12.7. The molecule has 2 heterocycles. The molecule has 1 unspecified atom stereocenters. The van der Waals surface area contributed by atoms with E-state index in [1.165, 1.54) is 0 Å². The van der Waals surface area contributed by atoms with E-state index in [0.717, 1.165) is 23.1 Å². The summed E-state index contributed by atoms with van der Waals surface area (Å²) < 4.78 is 6.95. The van der Waals surface area contributed by atoms with Crippen molar-refractivity contribution >= 4 is 39.9 Å². The second kappa shape index (κ2) is 6.04. The SMILES string of the molecule is CN1[C@@H]2C=C[C@H]1CC(Oc1ccc(Cl)c(Br)c1)C2.Cl. The van der Waals surface area contributed by atoms with Crippen LogP contribution in [0.15, 0.2) is 34.8 Å². The summed E-state index contributed by atoms with van der Waals surface area (Å²) in [6.45, 7) is 0. The number of hydrogen-bond donors (Lipinski definition) is 0. The van der Waals surface area contributed by atoms with Crippen LogP contribution < -0.4 is 4.74 Å². The first-order valence-electron chi connectivity index (χ1n) is 6.15. The molecule has 1 aromatic rings. The topological polar surface area (TPSA) is 12.5 Å². The molecule has 0 saturated carbocycles. The van der Waals surface area contributed by atoms with Gasteiger partial charge in [-0.3, -0.25) is 4.90 Å². The fourth-order valence-electron chi connectivity index (χ4n) is 2.74. The van der Waals surface area contributed by atoms with Gasteiger partial charge in [0.25, 0.3) is 0 Å². The summed E-state index contributed by atoms with van der Waals surface area (Å²) in [5, 5.41) is 0.715. The standard InChI is InChI=1S/C14H15BrClNO.ClH/c1-17-9-2-3-10(17)7-12(6-9)18-11-4-5-14(16)13(15)8-11;/h2-5,8-10,12H,6-7H2,1H3;1H/t9-,10+,12?;. The first-order chi connectivity index (χ1) is 8.63. The molecule has 3 atom stereocenters. The Morgan fingerprint density at radius 1 is 1.26 bits per heavy atom. The Morgan fingerprint density at radius 2 is 1.89 bits per heavy atom. The van der Waals surface area contributed by atoms with E-state index >= 15 is 0 Å². The van der Waals surface area contributed by atoms with Crippen molar-refractivity contribution < 1.29 is 4.74 Å². The quantitative estimate of drug-likeness (QED) is 0.725. The Labute approximate surface area is 133 Å². The summed E-state index contributed by atoms with van der Waals surface area (Å²) in [6, 6.07) is 6.80. The predicted molar refractivity (Wildman–Crippen MR) is 84.5 cm³/mol. The van der Waals surface area contributed by atoms with Crippen LogP contribution in [0.4, 0.5) is 0 Å². The lowest BCUT2D eigenvalue weighted by atomic mass is 9.99. The molecule has 104 valence electrons. The van der Waals surface area contributed by atoms with Crippen molar-refractivity contribution in [2.24, 2.45) is 0 Å². The molecular formula is C14H16BrCl2NO. The molecule has 1 saturated heterocycles. The lowest BCUT2D eigenvalue weighted by molar-refractivity contribution is 0.0751. The van der Waals surface area contributed by atoms with Crippen LogP contribution in [0.5, 0.6) is 5.75 Å². The largest absolute Gasteiger partial charge is 0.490 e. The second-order valence-corrected chi connectivity index (χ2v) is 6.23. The molecule has 3 rings (SSSR count). The van der Waals surface area contributed by atoms with Gasteiger partial charge in [0.2, 0.25) is 0 Å². The van der Waals surface area contributed by atoms with E-state index in [-0.39, 0.29) is 12.4 Å². The molecule has 2 aliphatic heterocycles. The third kappa shape index (κ3) is 3.10. The molecule has 2 nitrogen and oxygen atoms in total. The van der Waals surface area contributed by atoms with Gasteiger partial charge in [-0.05, 0) is 41.2 Å². The molecule has 2 bridgehead atoms. The van der Waals surface area contributed by atoms with Gasteiger partial charge < -0.3 is 4.74 Å². The molecule has 0 radical (unpaired) electrons. The highest BCUT2D eigenvalue weighted by molar-refractivity contribution is 9.10. The first kappa shape index (κ1) is 15.2. The molecule has 0 aliphatic carbocycles. The summed E-state index contributed by atoms with van der Waals surface area (Å²) in [5.41, 5.74) is 0. The van der Waals surface area contributed by atoms with Crippen molar-refractivity contribution in [3.63, 3.8) is 0 Å². The summed E-state index contributed by atoms with van der Waals surface area (Å²) in [5.74, 6) is 0.889. The van der Waals surface area contributed by atoms with Gasteiger partial charge in [-0.15, -0.1) is 12.4 Å². The third-order valence-electron chi connectivity index (χ3n) is 3.80. The highest BCUT2D eigenvalue weighted by Gasteiger charge is 2.35. The lowest BCUT2D eigenvalue weighted by Crippen LogP contribution is -2.44. The van der Waals surface area contributed by atoms with Gasteiger partial charge in [0.15, 0.2) is 0 Å². The maximum absolute atomic E-state index is 6.06. The van der Waals surface area contributed by atoms with Crippen LogP contribution in [-0.2, 0) is 0 Å². The van der Waals surface area contributed by atoms with Crippen LogP contribution in [0, 0.1) is 0 Å². The molecule has 19 heavy (non-hydrogen) atoms. The van der Waals surface area contributed by atoms with Gasteiger partial charge in [0, 0.05) is 29.4 Å². The van der Waals surface area contributed by atoms with E-state index in [4.69, 9.17) is 16.3 Å². The summed E-state index contributed by atoms with van der Waals surface area (Å²) in [6.07, 6.45) is 7.00. The van der Waals surface area contributed by atoms with Gasteiger partial charge in [-0.1, -0.05) is 23.8 Å². The fraction of sp³-hybridized carbons (Fsp3) is 0.429. The second-order valence-electron chi connectivity index (χ2n) is 4.97. The van der Waals surface area contributed by atoms with Gasteiger partial charge in [-0.25, -0.2) is 0 Å². The first-order valence-corrected chi connectivity index (χ1v) is 7.32. The van der Waals surface area contributed by atoms with Gasteiger partial charge in [-0.2, -0.15) is 0 Å². The number of fused-ring (bicyclic) bond motifs is 2. The zero-order valence-corrected chi connectivity index (χ0v) is 13.7. The van der Waals surface area contributed by atoms with Crippen molar-refractivity contribution in [1.82, 2.24) is 4.90 Å². The maximum atomic E-state index is 6.06. The molecule has 1 aromatic carbocycles. The molecule has 0 spiro atoms. The molecule has 5 heteroatoms. The fourth-order valence-corrected chi connectivity index (χ4v) is 3.21. The van der Waals surface area contributed by atoms with Crippen molar-refractivity contribution in [2.45, 2.75) is 31.0 Å². The Bertz CT molecular complexity index is 478. The van der Waals surface area contributed by atoms with Crippen LogP contribution in [-0.4, -0.2) is 30.1 Å². The van der Waals surface area contributed by atoms with Crippen LogP contribution >= 0.6 is 39.9 Å². The minimum absolute atomic E-state index is 0. The van der Waals surface area contributed by atoms with E-state index in [1.54, 1.807) is 0 Å². The van der Waals surface area contributed by atoms with Crippen LogP contribution in [0.25, 0.3) is 0 Å². The van der Waals surface area contributed by atoms with E-state index in [0.29, 0.717) is 23.2 Å². The molecule has 0 N–H and O–H groups in total. The van der Waals surface area contributed by atoms with Crippen LogP contribution in [0.3, 0.4) is 0 Å². The van der Waals surface area contributed by atoms with Crippen LogP contribution in [0.2, 0.25) is 5.02 Å². The monoisotopic (exact) mass is 363 g/mol. The molecule has 2 aliphatic rings. The smallest absolute Gasteiger partial charge is 0.120 e. The minimum atomic E-state index is 0.